The first-order valence-electron chi connectivity index (χ1n) is 7.36. The monoisotopic (exact) mass is 313 g/mol. The topological polar surface area (TPSA) is 72.5 Å². The van der Waals surface area contributed by atoms with Crippen LogP contribution in [-0.2, 0) is 0 Å². The summed E-state index contributed by atoms with van der Waals surface area (Å²) in [6, 6.07) is 9.12. The number of fused-ring (bicyclic) bond motifs is 1. The molecule has 6 heteroatoms. The third-order valence-electron chi connectivity index (χ3n) is 3.15. The minimum absolute atomic E-state index is 0.188. The maximum Gasteiger partial charge on any atom is 0.270 e. The van der Waals surface area contributed by atoms with Crippen molar-refractivity contribution < 1.29 is 14.3 Å². The van der Waals surface area contributed by atoms with Crippen molar-refractivity contribution >= 4 is 17.3 Å². The Morgan fingerprint density at radius 1 is 1.09 bits per heavy atom. The number of amides is 1. The molecule has 1 aromatic carbocycles. The molecule has 3 rings (SSSR count). The van der Waals surface area contributed by atoms with Crippen molar-refractivity contribution in [2.45, 2.75) is 26.3 Å². The first-order chi connectivity index (χ1) is 10.9. The average molecular weight is 313 g/mol. The standard InChI is InChI=1S/C17H19N3O3/c1-17(2,3)20-16(21)13-6-4-12(9-18-13)19-11-5-7-14-15(8-11)23-10-22-14/h4-9,19H,10H2,1-3H3,(H,20,21). The number of rotatable bonds is 3. The Morgan fingerprint density at radius 2 is 1.83 bits per heavy atom. The summed E-state index contributed by atoms with van der Waals surface area (Å²) in [6.45, 7) is 6.04. The molecular weight excluding hydrogens is 294 g/mol. The molecule has 0 saturated heterocycles. The fourth-order valence-electron chi connectivity index (χ4n) is 2.15. The summed E-state index contributed by atoms with van der Waals surface area (Å²) in [5.74, 6) is 1.26. The Balaban J connectivity index is 1.69. The summed E-state index contributed by atoms with van der Waals surface area (Å²) in [6.07, 6.45) is 1.63. The lowest BCUT2D eigenvalue weighted by Gasteiger charge is -2.20. The van der Waals surface area contributed by atoms with Crippen molar-refractivity contribution in [3.8, 4) is 11.5 Å². The van der Waals surface area contributed by atoms with Crippen LogP contribution in [0.25, 0.3) is 0 Å². The molecule has 0 radical (unpaired) electrons. The molecule has 2 N–H and O–H groups in total. The lowest BCUT2D eigenvalue weighted by Crippen LogP contribution is -2.40. The van der Waals surface area contributed by atoms with Gasteiger partial charge in [-0.1, -0.05) is 0 Å². The van der Waals surface area contributed by atoms with Crippen LogP contribution in [0.4, 0.5) is 11.4 Å². The van der Waals surface area contributed by atoms with Crippen LogP contribution in [0.5, 0.6) is 11.5 Å². The van der Waals surface area contributed by atoms with E-state index < -0.39 is 0 Å². The van der Waals surface area contributed by atoms with Crippen LogP contribution in [0.15, 0.2) is 36.5 Å². The number of carbonyl (C=O) groups is 1. The van der Waals surface area contributed by atoms with Crippen LogP contribution in [0.2, 0.25) is 0 Å². The fourth-order valence-corrected chi connectivity index (χ4v) is 2.15. The molecule has 2 heterocycles. The lowest BCUT2D eigenvalue weighted by molar-refractivity contribution is 0.0914. The van der Waals surface area contributed by atoms with Crippen molar-refractivity contribution in [3.63, 3.8) is 0 Å². The molecule has 0 bridgehead atoms. The second-order valence-electron chi connectivity index (χ2n) is 6.33. The molecule has 120 valence electrons. The van der Waals surface area contributed by atoms with E-state index in [0.29, 0.717) is 11.4 Å². The van der Waals surface area contributed by atoms with Gasteiger partial charge in [0.25, 0.3) is 5.91 Å². The average Bonchev–Trinajstić information content (AvgIpc) is 2.94. The van der Waals surface area contributed by atoms with Crippen molar-refractivity contribution in [2.75, 3.05) is 12.1 Å². The third-order valence-corrected chi connectivity index (χ3v) is 3.15. The molecule has 0 unspecified atom stereocenters. The van der Waals surface area contributed by atoms with E-state index in [0.717, 1.165) is 17.1 Å². The Bertz CT molecular complexity index is 721. The highest BCUT2D eigenvalue weighted by Crippen LogP contribution is 2.34. The molecule has 1 aromatic heterocycles. The van der Waals surface area contributed by atoms with Gasteiger partial charge in [-0.25, -0.2) is 4.98 Å². The highest BCUT2D eigenvalue weighted by molar-refractivity contribution is 5.93. The van der Waals surface area contributed by atoms with Gasteiger partial charge in [0.2, 0.25) is 6.79 Å². The summed E-state index contributed by atoms with van der Waals surface area (Å²) < 4.78 is 10.6. The van der Waals surface area contributed by atoms with Gasteiger partial charge >= 0.3 is 0 Å². The van der Waals surface area contributed by atoms with E-state index in [9.17, 15) is 4.79 Å². The number of carbonyl (C=O) groups excluding carboxylic acids is 1. The van der Waals surface area contributed by atoms with Gasteiger partial charge in [-0.05, 0) is 45.0 Å². The summed E-state index contributed by atoms with van der Waals surface area (Å²) in [7, 11) is 0. The molecule has 23 heavy (non-hydrogen) atoms. The van der Waals surface area contributed by atoms with Crippen molar-refractivity contribution in [1.82, 2.24) is 10.3 Å². The van der Waals surface area contributed by atoms with Gasteiger partial charge in [0.1, 0.15) is 5.69 Å². The van der Waals surface area contributed by atoms with Gasteiger partial charge in [-0.15, -0.1) is 0 Å². The molecule has 0 saturated carbocycles. The summed E-state index contributed by atoms with van der Waals surface area (Å²) in [5, 5.41) is 6.10. The number of aromatic nitrogens is 1. The first kappa shape index (κ1) is 15.1. The van der Waals surface area contributed by atoms with Gasteiger partial charge in [-0.3, -0.25) is 4.79 Å². The van der Waals surface area contributed by atoms with E-state index in [2.05, 4.69) is 15.6 Å². The Hall–Kier alpha value is -2.76. The zero-order chi connectivity index (χ0) is 16.4. The number of benzene rings is 1. The van der Waals surface area contributed by atoms with Crippen molar-refractivity contribution in [3.05, 3.63) is 42.2 Å². The highest BCUT2D eigenvalue weighted by atomic mass is 16.7. The second kappa shape index (κ2) is 5.79. The fraction of sp³-hybridized carbons (Fsp3) is 0.294. The molecule has 0 fully saturated rings. The second-order valence-corrected chi connectivity index (χ2v) is 6.33. The van der Waals surface area contributed by atoms with Crippen LogP contribution in [-0.4, -0.2) is 23.2 Å². The number of anilines is 2. The molecular formula is C17H19N3O3. The number of nitrogens with one attached hydrogen (secondary N) is 2. The molecule has 0 atom stereocenters. The molecule has 1 amide bonds. The molecule has 0 aliphatic carbocycles. The van der Waals surface area contributed by atoms with Crippen LogP contribution in [0, 0.1) is 0 Å². The Morgan fingerprint density at radius 3 is 2.52 bits per heavy atom. The van der Waals surface area contributed by atoms with Crippen LogP contribution in [0.3, 0.4) is 0 Å². The zero-order valence-corrected chi connectivity index (χ0v) is 13.3. The van der Waals surface area contributed by atoms with Gasteiger partial charge in [-0.2, -0.15) is 0 Å². The van der Waals surface area contributed by atoms with Crippen LogP contribution < -0.4 is 20.1 Å². The van der Waals surface area contributed by atoms with Gasteiger partial charge in [0, 0.05) is 17.3 Å². The van der Waals surface area contributed by atoms with Gasteiger partial charge in [0.15, 0.2) is 11.5 Å². The maximum absolute atomic E-state index is 12.0. The lowest BCUT2D eigenvalue weighted by atomic mass is 10.1. The summed E-state index contributed by atoms with van der Waals surface area (Å²) in [4.78, 5) is 16.2. The highest BCUT2D eigenvalue weighted by Gasteiger charge is 2.16. The molecule has 0 spiro atoms. The molecule has 1 aliphatic rings. The SMILES string of the molecule is CC(C)(C)NC(=O)c1ccc(Nc2ccc3c(c2)OCO3)cn1. The quantitative estimate of drug-likeness (QED) is 0.911. The van der Waals surface area contributed by atoms with Crippen LogP contribution in [0.1, 0.15) is 31.3 Å². The van der Waals surface area contributed by atoms with Gasteiger partial charge in [0.05, 0.1) is 11.9 Å². The minimum atomic E-state index is -0.290. The van der Waals surface area contributed by atoms with E-state index in [1.807, 2.05) is 45.0 Å². The zero-order valence-electron chi connectivity index (χ0n) is 13.3. The predicted octanol–water partition coefficient (Wildman–Crippen LogP) is 3.08. The Kier molecular flexibility index (Phi) is 3.82. The third kappa shape index (κ3) is 3.71. The van der Waals surface area contributed by atoms with E-state index in [1.165, 1.54) is 0 Å². The minimum Gasteiger partial charge on any atom is -0.454 e. The normalized spacial score (nSPS) is 12.8. The largest absolute Gasteiger partial charge is 0.454 e. The number of hydrogen-bond donors (Lipinski definition) is 2. The smallest absolute Gasteiger partial charge is 0.270 e. The maximum atomic E-state index is 12.0. The van der Waals surface area contributed by atoms with E-state index in [4.69, 9.17) is 9.47 Å². The van der Waals surface area contributed by atoms with E-state index >= 15 is 0 Å². The molecule has 1 aliphatic heterocycles. The summed E-state index contributed by atoms with van der Waals surface area (Å²) in [5.41, 5.74) is 1.75. The first-order valence-corrected chi connectivity index (χ1v) is 7.36. The van der Waals surface area contributed by atoms with E-state index in [1.54, 1.807) is 12.3 Å². The molecule has 2 aromatic rings. The van der Waals surface area contributed by atoms with Crippen molar-refractivity contribution in [1.29, 1.82) is 0 Å². The van der Waals surface area contributed by atoms with Gasteiger partial charge < -0.3 is 20.1 Å². The molecule has 6 nitrogen and oxygen atoms in total. The summed E-state index contributed by atoms with van der Waals surface area (Å²) >= 11 is 0. The van der Waals surface area contributed by atoms with Crippen LogP contribution >= 0.6 is 0 Å². The van der Waals surface area contributed by atoms with E-state index in [-0.39, 0.29) is 18.2 Å². The number of ether oxygens (including phenoxy) is 2. The predicted molar refractivity (Wildman–Crippen MR) is 87.3 cm³/mol. The van der Waals surface area contributed by atoms with Crippen molar-refractivity contribution in [2.24, 2.45) is 0 Å². The number of hydrogen-bond acceptors (Lipinski definition) is 5. The number of nitrogens with zero attached hydrogens (tertiary/aromatic N) is 1. The Labute approximate surface area is 134 Å². The number of pyridine rings is 1.